The van der Waals surface area contributed by atoms with Crippen LogP contribution in [0.15, 0.2) is 39.3 Å². The second-order valence-corrected chi connectivity index (χ2v) is 7.73. The Labute approximate surface area is 148 Å². The Balaban J connectivity index is 2.09. The molecule has 1 heterocycles. The molecule has 1 aliphatic rings. The van der Waals surface area contributed by atoms with Gasteiger partial charge in [0, 0.05) is 26.0 Å². The van der Waals surface area contributed by atoms with E-state index < -0.39 is 0 Å². The minimum atomic E-state index is 0.0375. The van der Waals surface area contributed by atoms with Gasteiger partial charge in [-0.2, -0.15) is 0 Å². The Morgan fingerprint density at radius 1 is 1.10 bits per heavy atom. The Morgan fingerprint density at radius 2 is 1.90 bits per heavy atom. The van der Waals surface area contributed by atoms with Gasteiger partial charge in [-0.15, -0.1) is 0 Å². The Morgan fingerprint density at radius 3 is 2.65 bits per heavy atom. The smallest absolute Gasteiger partial charge is 0.127 e. The molecule has 0 amide bonds. The molecular formula is C15H10Br3ClO. The normalized spacial score (nSPS) is 14.8. The molecule has 104 valence electrons. The maximum atomic E-state index is 6.23. The minimum absolute atomic E-state index is 0.0375. The molecule has 0 saturated carbocycles. The van der Waals surface area contributed by atoms with Crippen LogP contribution in [0.25, 0.3) is 0 Å². The molecule has 1 unspecified atom stereocenters. The number of rotatable bonds is 2. The van der Waals surface area contributed by atoms with Crippen molar-refractivity contribution in [2.75, 3.05) is 6.61 Å². The topological polar surface area (TPSA) is 9.23 Å². The third-order valence-corrected chi connectivity index (χ3v) is 5.67. The molecular weight excluding hydrogens is 471 g/mol. The predicted molar refractivity (Wildman–Crippen MR) is 93.3 cm³/mol. The first-order valence-corrected chi connectivity index (χ1v) is 8.98. The van der Waals surface area contributed by atoms with Crippen LogP contribution in [-0.4, -0.2) is 6.61 Å². The van der Waals surface area contributed by atoms with Gasteiger partial charge in [0.25, 0.3) is 0 Å². The molecule has 0 spiro atoms. The molecule has 0 bridgehead atoms. The number of hydrogen-bond acceptors (Lipinski definition) is 1. The van der Waals surface area contributed by atoms with Crippen molar-refractivity contribution in [3.05, 3.63) is 61.0 Å². The average molecular weight is 481 g/mol. The van der Waals surface area contributed by atoms with E-state index in [1.165, 1.54) is 5.56 Å². The highest BCUT2D eigenvalue weighted by Crippen LogP contribution is 2.44. The van der Waals surface area contributed by atoms with Crippen LogP contribution in [0.4, 0.5) is 0 Å². The van der Waals surface area contributed by atoms with Crippen LogP contribution in [-0.2, 0) is 6.42 Å². The maximum absolute atomic E-state index is 6.23. The molecule has 2 aromatic carbocycles. The van der Waals surface area contributed by atoms with Crippen molar-refractivity contribution in [3.63, 3.8) is 0 Å². The lowest BCUT2D eigenvalue weighted by Gasteiger charge is -2.16. The highest BCUT2D eigenvalue weighted by molar-refractivity contribution is 9.11. The fraction of sp³-hybridized carbons (Fsp3) is 0.200. The predicted octanol–water partition coefficient (Wildman–Crippen LogP) is 6.28. The van der Waals surface area contributed by atoms with Crippen LogP contribution >= 0.6 is 59.4 Å². The standard InChI is InChI=1S/C15H10Br3ClO/c16-9-1-2-11(13(17)6-9)14(18)12-7-10(19)5-8-3-4-20-15(8)12/h1-2,5-7,14H,3-4H2. The van der Waals surface area contributed by atoms with Crippen molar-refractivity contribution in [1.29, 1.82) is 0 Å². The third kappa shape index (κ3) is 2.80. The van der Waals surface area contributed by atoms with Gasteiger partial charge in [-0.25, -0.2) is 0 Å². The van der Waals surface area contributed by atoms with Crippen LogP contribution in [0.3, 0.4) is 0 Å². The van der Waals surface area contributed by atoms with E-state index in [2.05, 4.69) is 53.9 Å². The second-order valence-electron chi connectivity index (χ2n) is 4.61. The van der Waals surface area contributed by atoms with Crippen LogP contribution < -0.4 is 4.74 Å². The first-order valence-electron chi connectivity index (χ1n) is 6.10. The van der Waals surface area contributed by atoms with Gasteiger partial charge in [-0.1, -0.05) is 65.5 Å². The molecule has 0 aromatic heterocycles. The highest BCUT2D eigenvalue weighted by Gasteiger charge is 2.24. The molecule has 2 aromatic rings. The molecule has 0 fully saturated rings. The number of ether oxygens (including phenoxy) is 1. The van der Waals surface area contributed by atoms with Gasteiger partial charge in [0.05, 0.1) is 11.4 Å². The Hall–Kier alpha value is -0.0300. The molecule has 20 heavy (non-hydrogen) atoms. The maximum Gasteiger partial charge on any atom is 0.127 e. The van der Waals surface area contributed by atoms with Gasteiger partial charge in [0.1, 0.15) is 5.75 Å². The van der Waals surface area contributed by atoms with Crippen molar-refractivity contribution in [2.24, 2.45) is 0 Å². The van der Waals surface area contributed by atoms with E-state index in [0.717, 1.165) is 43.9 Å². The molecule has 1 aliphatic heterocycles. The summed E-state index contributed by atoms with van der Waals surface area (Å²) in [4.78, 5) is 0.0375. The number of fused-ring (bicyclic) bond motifs is 1. The second kappa shape index (κ2) is 5.99. The molecule has 1 nitrogen and oxygen atoms in total. The van der Waals surface area contributed by atoms with Crippen molar-refractivity contribution >= 4 is 59.4 Å². The minimum Gasteiger partial charge on any atom is -0.493 e. The largest absolute Gasteiger partial charge is 0.493 e. The van der Waals surface area contributed by atoms with Crippen LogP contribution in [0.5, 0.6) is 5.75 Å². The summed E-state index contributed by atoms with van der Waals surface area (Å²) in [5.74, 6) is 0.964. The Kier molecular flexibility index (Phi) is 4.46. The summed E-state index contributed by atoms with van der Waals surface area (Å²) in [5.41, 5.74) is 3.41. The summed E-state index contributed by atoms with van der Waals surface area (Å²) in [6.45, 7) is 0.726. The summed E-state index contributed by atoms with van der Waals surface area (Å²) in [6.07, 6.45) is 0.921. The average Bonchev–Trinajstić information content (AvgIpc) is 2.85. The van der Waals surface area contributed by atoms with Crippen molar-refractivity contribution in [1.82, 2.24) is 0 Å². The van der Waals surface area contributed by atoms with E-state index >= 15 is 0 Å². The fourth-order valence-electron chi connectivity index (χ4n) is 2.36. The Bertz CT molecular complexity index is 672. The van der Waals surface area contributed by atoms with Crippen LogP contribution in [0.2, 0.25) is 5.02 Å². The summed E-state index contributed by atoms with van der Waals surface area (Å²) < 4.78 is 7.86. The van der Waals surface area contributed by atoms with Gasteiger partial charge in [-0.3, -0.25) is 0 Å². The first kappa shape index (κ1) is 14.9. The zero-order valence-corrected chi connectivity index (χ0v) is 15.8. The zero-order chi connectivity index (χ0) is 14.3. The van der Waals surface area contributed by atoms with E-state index in [1.54, 1.807) is 0 Å². The van der Waals surface area contributed by atoms with Gasteiger partial charge < -0.3 is 4.74 Å². The SMILES string of the molecule is Clc1cc2c(c(C(Br)c3ccc(Br)cc3Br)c1)OCC2. The number of alkyl halides is 1. The lowest BCUT2D eigenvalue weighted by atomic mass is 10.0. The molecule has 0 N–H and O–H groups in total. The lowest BCUT2D eigenvalue weighted by molar-refractivity contribution is 0.354. The van der Waals surface area contributed by atoms with E-state index in [0.29, 0.717) is 0 Å². The molecule has 0 saturated heterocycles. The number of hydrogen-bond donors (Lipinski definition) is 0. The summed E-state index contributed by atoms with van der Waals surface area (Å²) in [7, 11) is 0. The van der Waals surface area contributed by atoms with Crippen molar-refractivity contribution in [3.8, 4) is 5.75 Å². The fourth-order valence-corrected chi connectivity index (χ4v) is 4.93. The van der Waals surface area contributed by atoms with E-state index in [-0.39, 0.29) is 4.83 Å². The summed E-state index contributed by atoms with van der Waals surface area (Å²) >= 11 is 17.1. The van der Waals surface area contributed by atoms with Crippen LogP contribution in [0, 0.1) is 0 Å². The number of halogens is 4. The third-order valence-electron chi connectivity index (χ3n) is 3.29. The lowest BCUT2D eigenvalue weighted by Crippen LogP contribution is -1.98. The summed E-state index contributed by atoms with van der Waals surface area (Å²) in [6, 6.07) is 10.1. The molecule has 3 rings (SSSR count). The van der Waals surface area contributed by atoms with E-state index in [1.807, 2.05) is 24.3 Å². The van der Waals surface area contributed by atoms with Crippen molar-refractivity contribution in [2.45, 2.75) is 11.2 Å². The zero-order valence-electron chi connectivity index (χ0n) is 10.3. The quantitative estimate of drug-likeness (QED) is 0.459. The van der Waals surface area contributed by atoms with E-state index in [4.69, 9.17) is 16.3 Å². The van der Waals surface area contributed by atoms with Gasteiger partial charge >= 0.3 is 0 Å². The first-order chi connectivity index (χ1) is 9.56. The monoisotopic (exact) mass is 478 g/mol. The molecule has 0 radical (unpaired) electrons. The molecule has 1 atom stereocenters. The highest BCUT2D eigenvalue weighted by atomic mass is 79.9. The molecule has 5 heteroatoms. The van der Waals surface area contributed by atoms with Gasteiger partial charge in [-0.05, 0) is 35.4 Å². The van der Waals surface area contributed by atoms with E-state index in [9.17, 15) is 0 Å². The number of benzene rings is 2. The van der Waals surface area contributed by atoms with Crippen LogP contribution in [0.1, 0.15) is 21.5 Å². The van der Waals surface area contributed by atoms with Gasteiger partial charge in [0.2, 0.25) is 0 Å². The summed E-state index contributed by atoms with van der Waals surface area (Å²) in [5, 5.41) is 0.752. The molecule has 0 aliphatic carbocycles. The van der Waals surface area contributed by atoms with Gasteiger partial charge in [0.15, 0.2) is 0 Å². The van der Waals surface area contributed by atoms with Crippen molar-refractivity contribution < 1.29 is 4.74 Å².